The van der Waals surface area contributed by atoms with Gasteiger partial charge in [-0.05, 0) is 178 Å². The first-order valence-corrected chi connectivity index (χ1v) is 27.8. The van der Waals surface area contributed by atoms with Crippen LogP contribution in [0.3, 0.4) is 0 Å². The summed E-state index contributed by atoms with van der Waals surface area (Å²) in [5, 5.41) is 7.23. The second-order valence-electron chi connectivity index (χ2n) is 20.9. The minimum atomic E-state index is 0.935. The maximum Gasteiger partial charge on any atom is 0.145 e. The number of rotatable bonds is 8. The third kappa shape index (κ3) is 7.86. The quantitative estimate of drug-likeness (QED) is 0.152. The van der Waals surface area contributed by atoms with E-state index in [0.29, 0.717) is 0 Å². The van der Waals surface area contributed by atoms with Crippen LogP contribution in [0.2, 0.25) is 0 Å². The zero-order chi connectivity index (χ0) is 52.9. The molecule has 0 aliphatic heterocycles. The Morgan fingerprint density at radius 1 is 0.316 bits per heavy atom. The van der Waals surface area contributed by atoms with Gasteiger partial charge in [0.05, 0.1) is 17.1 Å². The summed E-state index contributed by atoms with van der Waals surface area (Å²) in [5.74, 6) is 0. The van der Waals surface area contributed by atoms with Crippen molar-refractivity contribution in [3.63, 3.8) is 0 Å². The molecular formula is C73H51N5S. The van der Waals surface area contributed by atoms with Gasteiger partial charge in [-0.25, -0.2) is 9.97 Å². The van der Waals surface area contributed by atoms with Crippen molar-refractivity contribution in [1.82, 2.24) is 23.8 Å². The summed E-state index contributed by atoms with van der Waals surface area (Å²) in [6.45, 7) is 8.44. The molecule has 15 aromatic rings. The maximum absolute atomic E-state index is 5.17. The molecule has 0 N–H and O–H groups in total. The van der Waals surface area contributed by atoms with Crippen LogP contribution in [0.5, 0.6) is 0 Å². The lowest BCUT2D eigenvalue weighted by Gasteiger charge is -2.18. The molecule has 6 heterocycles. The first-order valence-electron chi connectivity index (χ1n) is 27.0. The monoisotopic (exact) mass is 1030 g/mol. The molecule has 0 amide bonds. The highest BCUT2D eigenvalue weighted by molar-refractivity contribution is 7.25. The highest BCUT2D eigenvalue weighted by Crippen LogP contribution is 2.44. The minimum absolute atomic E-state index is 0.935. The van der Waals surface area contributed by atoms with Crippen molar-refractivity contribution in [1.29, 1.82) is 0 Å². The summed E-state index contributed by atoms with van der Waals surface area (Å²) < 4.78 is 7.01. The summed E-state index contributed by atoms with van der Waals surface area (Å²) in [5.41, 5.74) is 24.5. The molecular weight excluding hydrogens is 979 g/mol. The number of aryl methyl sites for hydroxylation is 4. The molecule has 374 valence electrons. The van der Waals surface area contributed by atoms with E-state index in [9.17, 15) is 0 Å². The van der Waals surface area contributed by atoms with E-state index in [1.54, 1.807) is 0 Å². The van der Waals surface area contributed by atoms with Crippen LogP contribution in [0.25, 0.3) is 142 Å². The highest BCUT2D eigenvalue weighted by Gasteiger charge is 2.19. The third-order valence-corrected chi connectivity index (χ3v) is 17.5. The Bertz CT molecular complexity index is 4770. The number of nitrogens with zero attached hydrogens (tertiary/aromatic N) is 5. The van der Waals surface area contributed by atoms with Crippen molar-refractivity contribution < 1.29 is 0 Å². The second kappa shape index (κ2) is 18.5. The molecule has 5 nitrogen and oxygen atoms in total. The van der Waals surface area contributed by atoms with Gasteiger partial charge in [0.25, 0.3) is 0 Å². The highest BCUT2D eigenvalue weighted by atomic mass is 32.1. The number of benzene rings is 9. The fraction of sp³-hybridized carbons (Fsp3) is 0.0548. The molecule has 0 radical (unpaired) electrons. The lowest BCUT2D eigenvalue weighted by atomic mass is 9.86. The molecule has 6 aromatic heterocycles. The standard InChI is InChI=1S/C73H51N5S/c1-44-46(3)77-34-32-52-37-50(25-28-65(52)72(77)75-44)59-16-5-8-19-62(59)56-39-57(63-20-9-6-17-60(63)51-26-29-66-53(38-51)33-35-78-47(4)45(2)76-73(66)78)41-58(40-56)64-21-10-7-18-61(64)55-27-31-69(74-43-55)54-15-13-14-48(36-54)49-24-30-68-67-22-11-12-23-70(67)79-71(68)42-49/h5-43H,1-4H3. The number of fused-ring (bicyclic) bond motifs is 9. The molecule has 0 fully saturated rings. The Labute approximate surface area is 462 Å². The molecule has 9 aromatic carbocycles. The van der Waals surface area contributed by atoms with Gasteiger partial charge in [-0.3, -0.25) is 4.98 Å². The maximum atomic E-state index is 5.17. The molecule has 15 rings (SSSR count). The predicted octanol–water partition coefficient (Wildman–Crippen LogP) is 19.6. The zero-order valence-electron chi connectivity index (χ0n) is 44.2. The van der Waals surface area contributed by atoms with E-state index in [2.05, 4.69) is 267 Å². The molecule has 0 atom stereocenters. The molecule has 0 unspecified atom stereocenters. The summed E-state index contributed by atoms with van der Waals surface area (Å²) in [4.78, 5) is 15.1. The molecule has 0 aliphatic carbocycles. The van der Waals surface area contributed by atoms with Gasteiger partial charge in [-0.15, -0.1) is 11.3 Å². The lowest BCUT2D eigenvalue weighted by molar-refractivity contribution is 1.10. The van der Waals surface area contributed by atoms with Crippen LogP contribution in [0.4, 0.5) is 0 Å². The van der Waals surface area contributed by atoms with Gasteiger partial charge < -0.3 is 8.80 Å². The SMILES string of the molecule is Cc1nc2c3ccc(-c4ccccc4-c4cc(-c5ccccc5-c5ccc(-c6cccc(-c7ccc8c(c7)sc7ccccc78)c6)nc5)cc(-c5ccccc5-c5ccc6c(ccn7c(C)c(C)nc67)c5)c4)cc3ccn2c1C. The molecule has 6 heteroatoms. The third-order valence-electron chi connectivity index (χ3n) is 16.4. The molecule has 0 bridgehead atoms. The van der Waals surface area contributed by atoms with Crippen molar-refractivity contribution in [2.75, 3.05) is 0 Å². The van der Waals surface area contributed by atoms with Gasteiger partial charge in [0, 0.05) is 72.1 Å². The Morgan fingerprint density at radius 2 is 0.747 bits per heavy atom. The van der Waals surface area contributed by atoms with Crippen LogP contribution in [-0.4, -0.2) is 23.8 Å². The lowest BCUT2D eigenvalue weighted by Crippen LogP contribution is -1.93. The minimum Gasteiger partial charge on any atom is -0.304 e. The predicted molar refractivity (Wildman–Crippen MR) is 332 cm³/mol. The number of aromatic nitrogens is 5. The smallest absolute Gasteiger partial charge is 0.145 e. The number of imidazole rings is 2. The van der Waals surface area contributed by atoms with Gasteiger partial charge in [-0.1, -0.05) is 152 Å². The van der Waals surface area contributed by atoms with Crippen LogP contribution in [0.1, 0.15) is 22.8 Å². The van der Waals surface area contributed by atoms with Gasteiger partial charge >= 0.3 is 0 Å². The Balaban J connectivity index is 0.849. The summed E-state index contributed by atoms with van der Waals surface area (Å²) >= 11 is 1.85. The topological polar surface area (TPSA) is 47.5 Å². The van der Waals surface area contributed by atoms with E-state index in [4.69, 9.17) is 15.0 Å². The first-order chi connectivity index (χ1) is 38.8. The normalized spacial score (nSPS) is 11.8. The van der Waals surface area contributed by atoms with E-state index >= 15 is 0 Å². The zero-order valence-corrected chi connectivity index (χ0v) is 45.0. The Kier molecular flexibility index (Phi) is 10.9. The first kappa shape index (κ1) is 46.5. The number of thiophene rings is 1. The number of hydrogen-bond donors (Lipinski definition) is 0. The van der Waals surface area contributed by atoms with Crippen molar-refractivity contribution in [2.45, 2.75) is 27.7 Å². The van der Waals surface area contributed by atoms with Crippen LogP contribution in [0, 0.1) is 27.7 Å². The molecule has 0 aliphatic rings. The summed E-state index contributed by atoms with van der Waals surface area (Å²) in [6, 6.07) is 80.4. The van der Waals surface area contributed by atoms with Crippen molar-refractivity contribution in [2.24, 2.45) is 0 Å². The average Bonchev–Trinajstić information content (AvgIpc) is 4.18. The Morgan fingerprint density at radius 3 is 1.29 bits per heavy atom. The van der Waals surface area contributed by atoms with Crippen LogP contribution >= 0.6 is 11.3 Å². The summed E-state index contributed by atoms with van der Waals surface area (Å²) in [6.07, 6.45) is 6.34. The van der Waals surface area contributed by atoms with Gasteiger partial charge in [0.15, 0.2) is 0 Å². The van der Waals surface area contributed by atoms with E-state index < -0.39 is 0 Å². The largest absolute Gasteiger partial charge is 0.304 e. The van der Waals surface area contributed by atoms with Gasteiger partial charge in [0.1, 0.15) is 11.3 Å². The van der Waals surface area contributed by atoms with E-state index in [-0.39, 0.29) is 0 Å². The van der Waals surface area contributed by atoms with Crippen LogP contribution < -0.4 is 0 Å². The number of hydrogen-bond acceptors (Lipinski definition) is 4. The van der Waals surface area contributed by atoms with E-state index in [1.807, 2.05) is 17.5 Å². The molecule has 79 heavy (non-hydrogen) atoms. The van der Waals surface area contributed by atoms with Crippen LogP contribution in [-0.2, 0) is 0 Å². The summed E-state index contributed by atoms with van der Waals surface area (Å²) in [7, 11) is 0. The van der Waals surface area contributed by atoms with Gasteiger partial charge in [0.2, 0.25) is 0 Å². The van der Waals surface area contributed by atoms with Crippen molar-refractivity contribution in [3.8, 4) is 89.1 Å². The van der Waals surface area contributed by atoms with Crippen molar-refractivity contribution in [3.05, 3.63) is 260 Å². The average molecular weight is 1030 g/mol. The van der Waals surface area contributed by atoms with E-state index in [0.717, 1.165) is 111 Å². The molecule has 0 saturated carbocycles. The fourth-order valence-electron chi connectivity index (χ4n) is 12.0. The molecule has 0 spiro atoms. The molecule has 0 saturated heterocycles. The van der Waals surface area contributed by atoms with Crippen LogP contribution in [0.15, 0.2) is 237 Å². The van der Waals surface area contributed by atoms with E-state index in [1.165, 1.54) is 53.8 Å². The fourth-order valence-corrected chi connectivity index (χ4v) is 13.1. The van der Waals surface area contributed by atoms with Crippen molar-refractivity contribution >= 4 is 64.3 Å². The second-order valence-corrected chi connectivity index (χ2v) is 22.0. The Hall–Kier alpha value is -9.75. The number of pyridine rings is 3. The van der Waals surface area contributed by atoms with Gasteiger partial charge in [-0.2, -0.15) is 0 Å².